The van der Waals surface area contributed by atoms with Crippen LogP contribution in [0.5, 0.6) is 11.5 Å². The van der Waals surface area contributed by atoms with Gasteiger partial charge >= 0.3 is 5.97 Å². The third kappa shape index (κ3) is 7.64. The Kier molecular flexibility index (Phi) is 11.3. The molecule has 9 nitrogen and oxygen atoms in total. The minimum absolute atomic E-state index is 0.0465. The zero-order valence-corrected chi connectivity index (χ0v) is 23.1. The van der Waals surface area contributed by atoms with E-state index >= 15 is 0 Å². The number of hydrogen-bond donors (Lipinski definition) is 2. The van der Waals surface area contributed by atoms with E-state index in [2.05, 4.69) is 10.5 Å². The van der Waals surface area contributed by atoms with Crippen LogP contribution in [-0.2, 0) is 32.2 Å². The van der Waals surface area contributed by atoms with E-state index < -0.39 is 17.9 Å². The molecule has 2 N–H and O–H groups in total. The maximum absolute atomic E-state index is 13.0. The molecule has 0 aliphatic carbocycles. The number of amides is 1. The van der Waals surface area contributed by atoms with Gasteiger partial charge in [0.25, 0.3) is 5.91 Å². The molecule has 2 aromatic rings. The lowest BCUT2D eigenvalue weighted by atomic mass is 9.95. The predicted octanol–water partition coefficient (Wildman–Crippen LogP) is 4.16. The first-order valence-corrected chi connectivity index (χ1v) is 13.7. The van der Waals surface area contributed by atoms with Crippen LogP contribution >= 0.6 is 11.8 Å². The van der Waals surface area contributed by atoms with Gasteiger partial charge in [-0.05, 0) is 60.1 Å². The Balaban J connectivity index is 1.78. The van der Waals surface area contributed by atoms with Gasteiger partial charge in [0.2, 0.25) is 0 Å². The number of ether oxygens (including phenoxy) is 3. The van der Waals surface area contributed by atoms with Crippen LogP contribution in [0.2, 0.25) is 0 Å². The molecule has 10 heteroatoms. The number of methoxy groups -OCH3 is 2. The van der Waals surface area contributed by atoms with Crippen molar-refractivity contribution in [3.8, 4) is 22.6 Å². The highest BCUT2D eigenvalue weighted by molar-refractivity contribution is 7.99. The molecule has 1 atom stereocenters. The Morgan fingerprint density at radius 3 is 2.21 bits per heavy atom. The fourth-order valence-electron chi connectivity index (χ4n) is 4.40. The summed E-state index contributed by atoms with van der Waals surface area (Å²) >= 11 is 1.83. The number of carbonyl (C=O) groups excluding carboxylic acids is 1. The molecule has 206 valence electrons. The molecule has 3 rings (SSSR count). The highest BCUT2D eigenvalue weighted by atomic mass is 32.2. The van der Waals surface area contributed by atoms with Crippen molar-refractivity contribution in [2.45, 2.75) is 38.8 Å². The van der Waals surface area contributed by atoms with Gasteiger partial charge in [0, 0.05) is 18.9 Å². The smallest absolute Gasteiger partial charge is 0.326 e. The van der Waals surface area contributed by atoms with Gasteiger partial charge < -0.3 is 29.5 Å². The average molecular weight is 545 g/mol. The van der Waals surface area contributed by atoms with E-state index in [9.17, 15) is 14.7 Å². The van der Waals surface area contributed by atoms with Gasteiger partial charge in [-0.1, -0.05) is 29.4 Å². The first kappa shape index (κ1) is 29.3. The largest absolute Gasteiger partial charge is 0.496 e. The molecule has 0 spiro atoms. The molecule has 1 saturated heterocycles. The van der Waals surface area contributed by atoms with Gasteiger partial charge in [0.05, 0.1) is 26.4 Å². The van der Waals surface area contributed by atoms with E-state index in [0.29, 0.717) is 24.7 Å². The second-order valence-corrected chi connectivity index (χ2v) is 10.0. The van der Waals surface area contributed by atoms with Gasteiger partial charge in [0.15, 0.2) is 0 Å². The van der Waals surface area contributed by atoms with Gasteiger partial charge in [-0.15, -0.1) is 0 Å². The average Bonchev–Trinajstić information content (AvgIpc) is 2.94. The second-order valence-electron chi connectivity index (χ2n) is 8.82. The summed E-state index contributed by atoms with van der Waals surface area (Å²) in [5.41, 5.74) is 3.58. The van der Waals surface area contributed by atoms with Crippen molar-refractivity contribution in [3.05, 3.63) is 47.5 Å². The van der Waals surface area contributed by atoms with E-state index in [0.717, 1.165) is 46.6 Å². The fourth-order valence-corrected chi connectivity index (χ4v) is 5.51. The number of thioether (sulfide) groups is 1. The van der Waals surface area contributed by atoms with Crippen LogP contribution in [0, 0.1) is 5.92 Å². The van der Waals surface area contributed by atoms with Crippen LogP contribution in [0.15, 0.2) is 41.6 Å². The number of nitrogens with one attached hydrogen (secondary N) is 1. The Labute approximate surface area is 227 Å². The molecule has 0 bridgehead atoms. The summed E-state index contributed by atoms with van der Waals surface area (Å²) < 4.78 is 16.8. The SMILES string of the molecule is CCOCc1cc(OC)c(-c2ccc(C[C@H](NC(=O)C(=NOC)C3CCSCC3)C(=O)O)cc2)c(OC)c1. The van der Waals surface area contributed by atoms with Crippen molar-refractivity contribution in [1.82, 2.24) is 5.32 Å². The van der Waals surface area contributed by atoms with Crippen molar-refractivity contribution in [3.63, 3.8) is 0 Å². The van der Waals surface area contributed by atoms with Crippen molar-refractivity contribution in [2.24, 2.45) is 11.1 Å². The van der Waals surface area contributed by atoms with Crippen LogP contribution in [0.25, 0.3) is 11.1 Å². The highest BCUT2D eigenvalue weighted by Crippen LogP contribution is 2.40. The quantitative estimate of drug-likeness (QED) is 0.285. The maximum Gasteiger partial charge on any atom is 0.326 e. The molecular formula is C28H36N2O7S. The Bertz CT molecular complexity index is 1090. The first-order chi connectivity index (χ1) is 18.4. The molecule has 1 fully saturated rings. The maximum atomic E-state index is 13.0. The monoisotopic (exact) mass is 544 g/mol. The lowest BCUT2D eigenvalue weighted by Gasteiger charge is -2.23. The molecule has 1 aliphatic rings. The fraction of sp³-hybridized carbons (Fsp3) is 0.464. The van der Waals surface area contributed by atoms with E-state index in [4.69, 9.17) is 19.0 Å². The standard InChI is InChI=1S/C28H36N2O7S/c1-5-37-17-19-15-23(34-2)25(24(16-19)35-3)20-8-6-18(7-9-20)14-22(28(32)33)29-27(31)26(30-36-4)21-10-12-38-13-11-21/h6-9,15-16,21-22H,5,10-14,17H2,1-4H3,(H,29,31)(H,32,33)/t22-/m0/s1. The minimum atomic E-state index is -1.12. The third-order valence-electron chi connectivity index (χ3n) is 6.35. The second kappa shape index (κ2) is 14.6. The van der Waals surface area contributed by atoms with Gasteiger partial charge in [0.1, 0.15) is 30.4 Å². The molecule has 0 radical (unpaired) electrons. The molecule has 2 aromatic carbocycles. The predicted molar refractivity (Wildman–Crippen MR) is 148 cm³/mol. The highest BCUT2D eigenvalue weighted by Gasteiger charge is 2.29. The molecule has 0 saturated carbocycles. The molecule has 38 heavy (non-hydrogen) atoms. The van der Waals surface area contributed by atoms with E-state index in [1.807, 2.05) is 55.1 Å². The zero-order valence-electron chi connectivity index (χ0n) is 22.3. The number of aliphatic carboxylic acids is 1. The summed E-state index contributed by atoms with van der Waals surface area (Å²) in [6, 6.07) is 10.2. The molecule has 0 aromatic heterocycles. The summed E-state index contributed by atoms with van der Waals surface area (Å²) in [4.78, 5) is 29.9. The number of hydrogen-bond acceptors (Lipinski definition) is 8. The number of benzene rings is 2. The summed E-state index contributed by atoms with van der Waals surface area (Å²) in [7, 11) is 4.59. The van der Waals surface area contributed by atoms with Gasteiger partial charge in [-0.3, -0.25) is 4.79 Å². The summed E-state index contributed by atoms with van der Waals surface area (Å²) in [5, 5.41) is 16.4. The molecule has 1 heterocycles. The lowest BCUT2D eigenvalue weighted by Crippen LogP contribution is -2.47. The number of carbonyl (C=O) groups is 2. The summed E-state index contributed by atoms with van der Waals surface area (Å²) in [5.74, 6) is 1.48. The van der Waals surface area contributed by atoms with Crippen LogP contribution in [0.1, 0.15) is 30.9 Å². The van der Waals surface area contributed by atoms with Crippen molar-refractivity contribution < 1.29 is 33.7 Å². The number of rotatable bonds is 13. The number of nitrogens with zero attached hydrogens (tertiary/aromatic N) is 1. The van der Waals surface area contributed by atoms with E-state index in [-0.39, 0.29) is 18.1 Å². The van der Waals surface area contributed by atoms with Crippen LogP contribution < -0.4 is 14.8 Å². The van der Waals surface area contributed by atoms with Crippen molar-refractivity contribution in [1.29, 1.82) is 0 Å². The summed E-state index contributed by atoms with van der Waals surface area (Å²) in [6.07, 6.45) is 1.72. The van der Waals surface area contributed by atoms with Crippen LogP contribution in [0.3, 0.4) is 0 Å². The number of carboxylic acids is 1. The van der Waals surface area contributed by atoms with E-state index in [1.165, 1.54) is 7.11 Å². The Morgan fingerprint density at radius 2 is 1.68 bits per heavy atom. The number of carboxylic acid groups (broad SMARTS) is 1. The van der Waals surface area contributed by atoms with Crippen LogP contribution in [0.4, 0.5) is 0 Å². The Hall–Kier alpha value is -3.24. The topological polar surface area (TPSA) is 116 Å². The zero-order chi connectivity index (χ0) is 27.5. The molecule has 0 unspecified atom stereocenters. The minimum Gasteiger partial charge on any atom is -0.496 e. The number of oxime groups is 1. The lowest BCUT2D eigenvalue weighted by molar-refractivity contribution is -0.141. The normalized spacial score (nSPS) is 15.0. The van der Waals surface area contributed by atoms with E-state index in [1.54, 1.807) is 14.2 Å². The van der Waals surface area contributed by atoms with Crippen molar-refractivity contribution in [2.75, 3.05) is 39.4 Å². The Morgan fingerprint density at radius 1 is 1.05 bits per heavy atom. The summed E-state index contributed by atoms with van der Waals surface area (Å²) in [6.45, 7) is 2.99. The van der Waals surface area contributed by atoms with Crippen molar-refractivity contribution >= 4 is 29.4 Å². The molecule has 1 aliphatic heterocycles. The molecule has 1 amide bonds. The van der Waals surface area contributed by atoms with Crippen LogP contribution in [-0.4, -0.2) is 68.2 Å². The van der Waals surface area contributed by atoms with Gasteiger partial charge in [-0.25, -0.2) is 4.79 Å². The first-order valence-electron chi connectivity index (χ1n) is 12.6. The third-order valence-corrected chi connectivity index (χ3v) is 7.40. The molecular weight excluding hydrogens is 508 g/mol. The van der Waals surface area contributed by atoms with Gasteiger partial charge in [-0.2, -0.15) is 11.8 Å².